The minimum Gasteiger partial charge on any atom is -0.343 e. The maximum Gasteiger partial charge on any atom is 0.272 e. The van der Waals surface area contributed by atoms with E-state index in [1.165, 1.54) is 0 Å². The largest absolute Gasteiger partial charge is 0.343 e. The van der Waals surface area contributed by atoms with E-state index in [9.17, 15) is 9.59 Å². The summed E-state index contributed by atoms with van der Waals surface area (Å²) in [6.45, 7) is 1.36. The molecule has 2 aliphatic rings. The van der Waals surface area contributed by atoms with Gasteiger partial charge in [0.2, 0.25) is 5.91 Å². The molecule has 3 heterocycles. The minimum atomic E-state index is -0.321. The van der Waals surface area contributed by atoms with Crippen LogP contribution in [0.5, 0.6) is 0 Å². The number of likely N-dealkylation sites (N-methyl/N-ethyl adjacent to an activating group) is 1. The van der Waals surface area contributed by atoms with E-state index in [1.54, 1.807) is 23.2 Å². The summed E-state index contributed by atoms with van der Waals surface area (Å²) in [6, 6.07) is 5.36. The van der Waals surface area contributed by atoms with Crippen LogP contribution < -0.4 is 0 Å². The van der Waals surface area contributed by atoms with Gasteiger partial charge in [-0.15, -0.1) is 0 Å². The summed E-state index contributed by atoms with van der Waals surface area (Å²) in [4.78, 5) is 32.4. The van der Waals surface area contributed by atoms with Crippen molar-refractivity contribution in [3.8, 4) is 0 Å². The summed E-state index contributed by atoms with van der Waals surface area (Å²) in [7, 11) is 1.81. The maximum atomic E-state index is 12.7. The van der Waals surface area contributed by atoms with Gasteiger partial charge in [-0.2, -0.15) is 0 Å². The second-order valence-corrected chi connectivity index (χ2v) is 5.78. The number of aromatic nitrogens is 1. The van der Waals surface area contributed by atoms with Crippen molar-refractivity contribution in [3.63, 3.8) is 0 Å². The van der Waals surface area contributed by atoms with Gasteiger partial charge in [-0.1, -0.05) is 6.07 Å². The average Bonchev–Trinajstić information content (AvgIpc) is 2.74. The van der Waals surface area contributed by atoms with Crippen LogP contribution in [0, 0.1) is 0 Å². The zero-order chi connectivity index (χ0) is 14.2. The number of piperidine rings is 1. The van der Waals surface area contributed by atoms with Gasteiger partial charge < -0.3 is 9.80 Å². The highest BCUT2D eigenvalue weighted by Crippen LogP contribution is 2.37. The molecule has 1 aromatic rings. The molecule has 106 valence electrons. The highest BCUT2D eigenvalue weighted by molar-refractivity contribution is 5.94. The van der Waals surface area contributed by atoms with E-state index >= 15 is 0 Å². The Morgan fingerprint density at radius 1 is 1.35 bits per heavy atom. The van der Waals surface area contributed by atoms with Gasteiger partial charge in [0.15, 0.2) is 0 Å². The third-order valence-electron chi connectivity index (χ3n) is 4.41. The van der Waals surface area contributed by atoms with Gasteiger partial charge in [0.25, 0.3) is 5.91 Å². The van der Waals surface area contributed by atoms with Crippen LogP contribution in [-0.2, 0) is 4.79 Å². The molecular weight excluding hydrogens is 254 g/mol. The van der Waals surface area contributed by atoms with Gasteiger partial charge in [0.05, 0.1) is 12.0 Å². The van der Waals surface area contributed by atoms with E-state index in [2.05, 4.69) is 4.98 Å². The summed E-state index contributed by atoms with van der Waals surface area (Å²) in [5, 5.41) is 0. The maximum absolute atomic E-state index is 12.7. The molecule has 0 radical (unpaired) electrons. The third kappa shape index (κ3) is 2.07. The topological polar surface area (TPSA) is 53.5 Å². The van der Waals surface area contributed by atoms with Gasteiger partial charge in [0, 0.05) is 26.3 Å². The van der Waals surface area contributed by atoms with Crippen molar-refractivity contribution in [2.24, 2.45) is 0 Å². The number of rotatable bonds is 1. The van der Waals surface area contributed by atoms with Crippen molar-refractivity contribution in [1.82, 2.24) is 14.8 Å². The fourth-order valence-corrected chi connectivity index (χ4v) is 3.39. The predicted octanol–water partition coefficient (Wildman–Crippen LogP) is 1.31. The Bertz CT molecular complexity index is 531. The molecule has 0 aromatic carbocycles. The highest BCUT2D eigenvalue weighted by Gasteiger charge is 2.49. The van der Waals surface area contributed by atoms with Crippen LogP contribution in [0.3, 0.4) is 0 Å². The number of likely N-dealkylation sites (tertiary alicyclic amines) is 2. The van der Waals surface area contributed by atoms with E-state index in [-0.39, 0.29) is 17.4 Å². The number of nitrogens with zero attached hydrogens (tertiary/aromatic N) is 3. The molecule has 2 fully saturated rings. The van der Waals surface area contributed by atoms with Crippen LogP contribution >= 0.6 is 0 Å². The van der Waals surface area contributed by atoms with E-state index in [4.69, 9.17) is 0 Å². The first-order valence-electron chi connectivity index (χ1n) is 7.09. The third-order valence-corrected chi connectivity index (χ3v) is 4.41. The number of amides is 2. The summed E-state index contributed by atoms with van der Waals surface area (Å²) in [5.74, 6) is 0.0825. The molecule has 1 aromatic heterocycles. The van der Waals surface area contributed by atoms with Crippen LogP contribution in [0.1, 0.15) is 36.2 Å². The molecule has 0 aliphatic carbocycles. The molecule has 2 amide bonds. The minimum absolute atomic E-state index is 0.0478. The van der Waals surface area contributed by atoms with E-state index in [0.29, 0.717) is 18.7 Å². The van der Waals surface area contributed by atoms with Crippen molar-refractivity contribution in [2.45, 2.75) is 31.2 Å². The van der Waals surface area contributed by atoms with Crippen LogP contribution in [0.25, 0.3) is 0 Å². The van der Waals surface area contributed by atoms with E-state index < -0.39 is 0 Å². The second-order valence-electron chi connectivity index (χ2n) is 5.78. The molecule has 20 heavy (non-hydrogen) atoms. The Balaban J connectivity index is 1.90. The molecule has 3 rings (SSSR count). The fourth-order valence-electron chi connectivity index (χ4n) is 3.39. The van der Waals surface area contributed by atoms with Crippen molar-refractivity contribution in [3.05, 3.63) is 30.1 Å². The smallest absolute Gasteiger partial charge is 0.272 e. The Morgan fingerprint density at radius 3 is 2.85 bits per heavy atom. The molecule has 0 bridgehead atoms. The Morgan fingerprint density at radius 2 is 2.20 bits per heavy atom. The molecular formula is C15H19N3O2. The summed E-state index contributed by atoms with van der Waals surface area (Å²) >= 11 is 0. The number of carbonyl (C=O) groups is 2. The first-order valence-corrected chi connectivity index (χ1v) is 7.09. The van der Waals surface area contributed by atoms with E-state index in [0.717, 1.165) is 25.8 Å². The van der Waals surface area contributed by atoms with E-state index in [1.807, 2.05) is 18.0 Å². The summed E-state index contributed by atoms with van der Waals surface area (Å²) in [5.41, 5.74) is 0.148. The Labute approximate surface area is 118 Å². The van der Waals surface area contributed by atoms with Gasteiger partial charge in [0.1, 0.15) is 5.69 Å². The Kier molecular flexibility index (Phi) is 3.20. The van der Waals surface area contributed by atoms with Gasteiger partial charge in [-0.3, -0.25) is 14.6 Å². The molecule has 5 heteroatoms. The first-order chi connectivity index (χ1) is 9.62. The fraction of sp³-hybridized carbons (Fsp3) is 0.533. The van der Waals surface area contributed by atoms with Crippen LogP contribution in [-0.4, -0.2) is 52.3 Å². The molecule has 2 saturated heterocycles. The lowest BCUT2D eigenvalue weighted by Crippen LogP contribution is -2.56. The van der Waals surface area contributed by atoms with Crippen LogP contribution in [0.15, 0.2) is 24.4 Å². The monoisotopic (exact) mass is 273 g/mol. The van der Waals surface area contributed by atoms with Crippen molar-refractivity contribution >= 4 is 11.8 Å². The lowest BCUT2D eigenvalue weighted by molar-refractivity contribution is -0.126. The number of carbonyl (C=O) groups excluding carboxylic acids is 2. The second kappa shape index (κ2) is 4.89. The molecule has 2 aliphatic heterocycles. The molecule has 1 unspecified atom stereocenters. The summed E-state index contributed by atoms with van der Waals surface area (Å²) < 4.78 is 0. The predicted molar refractivity (Wildman–Crippen MR) is 74.1 cm³/mol. The van der Waals surface area contributed by atoms with Crippen molar-refractivity contribution in [2.75, 3.05) is 20.1 Å². The molecule has 1 spiro atoms. The lowest BCUT2D eigenvalue weighted by Gasteiger charge is -2.44. The molecule has 1 atom stereocenters. The number of pyridine rings is 1. The van der Waals surface area contributed by atoms with Crippen LogP contribution in [0.4, 0.5) is 0 Å². The van der Waals surface area contributed by atoms with Crippen molar-refractivity contribution < 1.29 is 9.59 Å². The first kappa shape index (κ1) is 13.1. The SMILES string of the molecule is CN1CC2(CCCCN2C(=O)c2ccccn2)CC1=O. The molecule has 0 N–H and O–H groups in total. The standard InChI is InChI=1S/C15H19N3O2/c1-17-11-15(10-13(17)19)7-3-5-9-18(15)14(20)12-6-2-4-8-16-12/h2,4,6,8H,3,5,7,9-11H2,1H3. The van der Waals surface area contributed by atoms with Gasteiger partial charge in [-0.05, 0) is 31.4 Å². The highest BCUT2D eigenvalue weighted by atomic mass is 16.2. The Hall–Kier alpha value is -1.91. The van der Waals surface area contributed by atoms with Gasteiger partial charge in [-0.25, -0.2) is 0 Å². The average molecular weight is 273 g/mol. The quantitative estimate of drug-likeness (QED) is 0.775. The van der Waals surface area contributed by atoms with Gasteiger partial charge >= 0.3 is 0 Å². The summed E-state index contributed by atoms with van der Waals surface area (Å²) in [6.07, 6.45) is 5.06. The number of hydrogen-bond acceptors (Lipinski definition) is 3. The zero-order valence-corrected chi connectivity index (χ0v) is 11.7. The lowest BCUT2D eigenvalue weighted by atomic mass is 9.85. The molecule has 0 saturated carbocycles. The van der Waals surface area contributed by atoms with Crippen molar-refractivity contribution in [1.29, 1.82) is 0 Å². The zero-order valence-electron chi connectivity index (χ0n) is 11.7. The van der Waals surface area contributed by atoms with Crippen LogP contribution in [0.2, 0.25) is 0 Å². The molecule has 5 nitrogen and oxygen atoms in total. The normalized spacial score (nSPS) is 26.4. The number of hydrogen-bond donors (Lipinski definition) is 0.